The number of hydrogen-bond acceptors (Lipinski definition) is 4. The van der Waals surface area contributed by atoms with Gasteiger partial charge in [-0.25, -0.2) is 4.68 Å². The van der Waals surface area contributed by atoms with Crippen LogP contribution in [0.3, 0.4) is 0 Å². The van der Waals surface area contributed by atoms with Crippen LogP contribution in [0.4, 0.5) is 0 Å². The Morgan fingerprint density at radius 2 is 2.14 bits per heavy atom. The molecule has 0 bridgehead atoms. The van der Waals surface area contributed by atoms with Gasteiger partial charge in [0.05, 0.1) is 17.3 Å². The fourth-order valence-corrected chi connectivity index (χ4v) is 3.19. The molecule has 2 fully saturated rings. The van der Waals surface area contributed by atoms with Gasteiger partial charge in [-0.05, 0) is 39.2 Å². The maximum Gasteiger partial charge on any atom is 0.257 e. The van der Waals surface area contributed by atoms with Gasteiger partial charge in [0.15, 0.2) is 0 Å². The van der Waals surface area contributed by atoms with Gasteiger partial charge in [-0.3, -0.25) is 4.79 Å². The van der Waals surface area contributed by atoms with Crippen LogP contribution in [0, 0.1) is 13.8 Å². The van der Waals surface area contributed by atoms with Crippen molar-refractivity contribution in [1.29, 1.82) is 0 Å². The molecule has 2 aliphatic rings. The molecule has 0 spiro atoms. The Bertz CT molecular complexity index is 714. The number of carbonyl (C=O) groups is 1. The van der Waals surface area contributed by atoms with E-state index in [-0.39, 0.29) is 11.9 Å². The van der Waals surface area contributed by atoms with Crippen LogP contribution < -0.4 is 0 Å². The molecule has 22 heavy (non-hydrogen) atoms. The van der Waals surface area contributed by atoms with Gasteiger partial charge in [0, 0.05) is 25.2 Å². The van der Waals surface area contributed by atoms with E-state index in [9.17, 15) is 4.79 Å². The molecule has 1 atom stereocenters. The largest absolute Gasteiger partial charge is 0.466 e. The van der Waals surface area contributed by atoms with E-state index < -0.39 is 0 Å². The minimum absolute atomic E-state index is 0.0550. The van der Waals surface area contributed by atoms with Crippen molar-refractivity contribution in [2.24, 2.45) is 0 Å². The molecular formula is C16H20N4O2. The van der Waals surface area contributed by atoms with Gasteiger partial charge < -0.3 is 9.32 Å². The first kappa shape index (κ1) is 13.5. The number of carbonyl (C=O) groups excluding carboxylic acids is 1. The lowest BCUT2D eigenvalue weighted by Crippen LogP contribution is -2.29. The third-order valence-corrected chi connectivity index (χ3v) is 4.62. The van der Waals surface area contributed by atoms with Gasteiger partial charge in [-0.1, -0.05) is 5.21 Å². The summed E-state index contributed by atoms with van der Waals surface area (Å²) in [5.41, 5.74) is 1.78. The lowest BCUT2D eigenvalue weighted by molar-refractivity contribution is 0.0785. The number of rotatable bonds is 3. The standard InChI is InChI=1S/C16H20N4O2/c1-10-7-14(11(2)22-10)16(21)19-6-5-13(8-19)20-9-15(17-18-20)12-3-4-12/h7,9,12-13H,3-6,8H2,1-2H3. The maximum absolute atomic E-state index is 12.6. The quantitative estimate of drug-likeness (QED) is 0.873. The maximum atomic E-state index is 12.6. The van der Waals surface area contributed by atoms with Gasteiger partial charge >= 0.3 is 0 Å². The van der Waals surface area contributed by atoms with Crippen molar-refractivity contribution in [3.05, 3.63) is 35.0 Å². The Kier molecular flexibility index (Phi) is 3.06. The Hall–Kier alpha value is -2.11. The average molecular weight is 300 g/mol. The van der Waals surface area contributed by atoms with E-state index in [1.807, 2.05) is 29.5 Å². The monoisotopic (exact) mass is 300 g/mol. The molecule has 3 heterocycles. The van der Waals surface area contributed by atoms with Crippen molar-refractivity contribution < 1.29 is 9.21 Å². The van der Waals surface area contributed by atoms with Crippen LogP contribution in [0.1, 0.15) is 58.8 Å². The molecule has 116 valence electrons. The number of hydrogen-bond donors (Lipinski definition) is 0. The number of amides is 1. The van der Waals surface area contributed by atoms with Gasteiger partial charge in [0.1, 0.15) is 11.5 Å². The van der Waals surface area contributed by atoms with Crippen LogP contribution in [0.2, 0.25) is 0 Å². The number of nitrogens with zero attached hydrogens (tertiary/aromatic N) is 4. The smallest absolute Gasteiger partial charge is 0.257 e. The summed E-state index contributed by atoms with van der Waals surface area (Å²) >= 11 is 0. The summed E-state index contributed by atoms with van der Waals surface area (Å²) in [7, 11) is 0. The highest BCUT2D eigenvalue weighted by molar-refractivity contribution is 5.95. The van der Waals surface area contributed by atoms with E-state index in [4.69, 9.17) is 4.42 Å². The minimum atomic E-state index is 0.0550. The van der Waals surface area contributed by atoms with E-state index in [2.05, 4.69) is 16.5 Å². The van der Waals surface area contributed by atoms with Crippen LogP contribution in [-0.2, 0) is 0 Å². The lowest BCUT2D eigenvalue weighted by Gasteiger charge is -2.15. The highest BCUT2D eigenvalue weighted by atomic mass is 16.3. The Labute approximate surface area is 129 Å². The topological polar surface area (TPSA) is 64.2 Å². The fraction of sp³-hybridized carbons (Fsp3) is 0.562. The second-order valence-electron chi connectivity index (χ2n) is 6.42. The first-order valence-electron chi connectivity index (χ1n) is 7.90. The second kappa shape index (κ2) is 4.97. The minimum Gasteiger partial charge on any atom is -0.466 e. The molecule has 0 aromatic carbocycles. The molecule has 1 aliphatic heterocycles. The number of likely N-dealkylation sites (tertiary alicyclic amines) is 1. The van der Waals surface area contributed by atoms with Gasteiger partial charge in [0.25, 0.3) is 5.91 Å². The summed E-state index contributed by atoms with van der Waals surface area (Å²) in [6.45, 7) is 5.15. The lowest BCUT2D eigenvalue weighted by atomic mass is 10.2. The number of furan rings is 1. The third-order valence-electron chi connectivity index (χ3n) is 4.62. The molecule has 1 unspecified atom stereocenters. The molecule has 1 amide bonds. The van der Waals surface area contributed by atoms with Gasteiger partial charge in [0.2, 0.25) is 0 Å². The normalized spacial score (nSPS) is 21.5. The fourth-order valence-electron chi connectivity index (χ4n) is 3.19. The first-order valence-corrected chi connectivity index (χ1v) is 7.90. The molecule has 0 radical (unpaired) electrons. The summed E-state index contributed by atoms with van der Waals surface area (Å²) in [6, 6.07) is 2.06. The molecule has 1 saturated carbocycles. The predicted octanol–water partition coefficient (Wildman–Crippen LogP) is 2.45. The van der Waals surface area contributed by atoms with E-state index in [1.54, 1.807) is 0 Å². The number of aryl methyl sites for hydroxylation is 2. The Morgan fingerprint density at radius 3 is 2.82 bits per heavy atom. The summed E-state index contributed by atoms with van der Waals surface area (Å²) in [5, 5.41) is 8.52. The molecule has 2 aromatic heterocycles. The predicted molar refractivity (Wildman–Crippen MR) is 79.7 cm³/mol. The van der Waals surface area contributed by atoms with Crippen LogP contribution in [0.25, 0.3) is 0 Å². The summed E-state index contributed by atoms with van der Waals surface area (Å²) in [6.07, 6.45) is 5.44. The molecular weight excluding hydrogens is 280 g/mol. The summed E-state index contributed by atoms with van der Waals surface area (Å²) in [4.78, 5) is 14.5. The second-order valence-corrected chi connectivity index (χ2v) is 6.42. The zero-order valence-electron chi connectivity index (χ0n) is 13.0. The van der Waals surface area contributed by atoms with Crippen LogP contribution in [0.5, 0.6) is 0 Å². The Balaban J connectivity index is 1.47. The van der Waals surface area contributed by atoms with Crippen LogP contribution in [0.15, 0.2) is 16.7 Å². The zero-order valence-corrected chi connectivity index (χ0v) is 13.0. The van der Waals surface area contributed by atoms with Crippen molar-refractivity contribution >= 4 is 5.91 Å². The van der Waals surface area contributed by atoms with Crippen molar-refractivity contribution in [1.82, 2.24) is 19.9 Å². The first-order chi connectivity index (χ1) is 10.6. The van der Waals surface area contributed by atoms with Crippen molar-refractivity contribution in [3.8, 4) is 0 Å². The zero-order chi connectivity index (χ0) is 15.3. The average Bonchev–Trinajstić information content (AvgIpc) is 2.91. The Morgan fingerprint density at radius 1 is 1.32 bits per heavy atom. The molecule has 1 aliphatic carbocycles. The molecule has 4 rings (SSSR count). The van der Waals surface area contributed by atoms with E-state index in [0.717, 1.165) is 24.4 Å². The highest BCUT2D eigenvalue weighted by Gasteiger charge is 2.32. The number of aromatic nitrogens is 3. The van der Waals surface area contributed by atoms with E-state index >= 15 is 0 Å². The van der Waals surface area contributed by atoms with Gasteiger partial charge in [-0.15, -0.1) is 5.10 Å². The SMILES string of the molecule is Cc1cc(C(=O)N2CCC(n3cc(C4CC4)nn3)C2)c(C)o1. The molecule has 2 aromatic rings. The van der Waals surface area contributed by atoms with E-state index in [0.29, 0.717) is 23.8 Å². The van der Waals surface area contributed by atoms with Crippen LogP contribution >= 0.6 is 0 Å². The highest BCUT2D eigenvalue weighted by Crippen LogP contribution is 2.39. The van der Waals surface area contributed by atoms with Crippen molar-refractivity contribution in [2.75, 3.05) is 13.1 Å². The molecule has 6 heteroatoms. The van der Waals surface area contributed by atoms with Gasteiger partial charge in [-0.2, -0.15) is 0 Å². The molecule has 6 nitrogen and oxygen atoms in total. The third kappa shape index (κ3) is 2.32. The summed E-state index contributed by atoms with van der Waals surface area (Å²) in [5.74, 6) is 2.15. The molecule has 0 N–H and O–H groups in total. The van der Waals surface area contributed by atoms with E-state index in [1.165, 1.54) is 12.8 Å². The summed E-state index contributed by atoms with van der Waals surface area (Å²) < 4.78 is 7.41. The van der Waals surface area contributed by atoms with Crippen molar-refractivity contribution in [2.45, 2.75) is 45.1 Å². The van der Waals surface area contributed by atoms with Crippen molar-refractivity contribution in [3.63, 3.8) is 0 Å². The molecule has 1 saturated heterocycles. The van der Waals surface area contributed by atoms with Crippen LogP contribution in [-0.4, -0.2) is 38.9 Å².